The lowest BCUT2D eigenvalue weighted by Crippen LogP contribution is -2.24. The van der Waals surface area contributed by atoms with Gasteiger partial charge in [-0.15, -0.1) is 0 Å². The molecule has 3 aromatic rings. The third-order valence-electron chi connectivity index (χ3n) is 4.30. The van der Waals surface area contributed by atoms with Crippen LogP contribution in [0.5, 0.6) is 17.2 Å². The zero-order valence-electron chi connectivity index (χ0n) is 16.1. The molecule has 0 saturated carbocycles. The van der Waals surface area contributed by atoms with Gasteiger partial charge in [0.25, 0.3) is 5.91 Å². The normalized spacial score (nSPS) is 11.8. The summed E-state index contributed by atoms with van der Waals surface area (Å²) in [5.41, 5.74) is 2.63. The number of rotatable bonds is 6. The van der Waals surface area contributed by atoms with Gasteiger partial charge < -0.3 is 24.8 Å². The van der Waals surface area contributed by atoms with Gasteiger partial charge in [0.2, 0.25) is 12.7 Å². The maximum absolute atomic E-state index is 12.6. The molecule has 8 heteroatoms. The van der Waals surface area contributed by atoms with E-state index in [4.69, 9.17) is 14.2 Å². The molecule has 0 atom stereocenters. The van der Waals surface area contributed by atoms with Gasteiger partial charge in [0.15, 0.2) is 11.5 Å². The minimum absolute atomic E-state index is 0.217. The van der Waals surface area contributed by atoms with Crippen LogP contribution in [-0.4, -0.2) is 29.8 Å². The molecule has 8 nitrogen and oxygen atoms in total. The second kappa shape index (κ2) is 8.05. The molecular formula is C21H20N4O4. The van der Waals surface area contributed by atoms with Gasteiger partial charge in [-0.05, 0) is 42.8 Å². The average molecular weight is 392 g/mol. The SMILES string of the molecule is COc1cccc(Nc2nc(C)cc(C(=O)NCc3ccc4c(c3)OCO4)n2)c1. The number of nitrogens with zero attached hydrogens (tertiary/aromatic N) is 2. The summed E-state index contributed by atoms with van der Waals surface area (Å²) in [7, 11) is 1.60. The monoisotopic (exact) mass is 392 g/mol. The molecule has 2 heterocycles. The Morgan fingerprint density at radius 3 is 2.83 bits per heavy atom. The first kappa shape index (κ1) is 18.5. The van der Waals surface area contributed by atoms with E-state index in [-0.39, 0.29) is 18.4 Å². The van der Waals surface area contributed by atoms with Crippen molar-refractivity contribution in [2.75, 3.05) is 19.2 Å². The molecule has 4 rings (SSSR count). The second-order valence-electron chi connectivity index (χ2n) is 6.45. The number of carbonyl (C=O) groups excluding carboxylic acids is 1. The number of fused-ring (bicyclic) bond motifs is 1. The number of carbonyl (C=O) groups is 1. The van der Waals surface area contributed by atoms with Crippen LogP contribution in [0.15, 0.2) is 48.5 Å². The molecule has 0 unspecified atom stereocenters. The van der Waals surface area contributed by atoms with Gasteiger partial charge in [-0.25, -0.2) is 9.97 Å². The number of aromatic nitrogens is 2. The van der Waals surface area contributed by atoms with Gasteiger partial charge in [-0.1, -0.05) is 12.1 Å². The standard InChI is InChI=1S/C21H20N4O4/c1-13-8-17(25-21(23-13)24-15-4-3-5-16(10-15)27-2)20(26)22-11-14-6-7-18-19(9-14)29-12-28-18/h3-10H,11-12H2,1-2H3,(H,22,26)(H,23,24,25). The Morgan fingerprint density at radius 2 is 1.97 bits per heavy atom. The van der Waals surface area contributed by atoms with Crippen molar-refractivity contribution in [1.82, 2.24) is 15.3 Å². The van der Waals surface area contributed by atoms with Crippen LogP contribution in [0.2, 0.25) is 0 Å². The fourth-order valence-corrected chi connectivity index (χ4v) is 2.89. The van der Waals surface area contributed by atoms with Crippen LogP contribution < -0.4 is 24.8 Å². The summed E-state index contributed by atoms with van der Waals surface area (Å²) in [6.45, 7) is 2.37. The first-order chi connectivity index (χ1) is 14.1. The van der Waals surface area contributed by atoms with E-state index in [0.717, 1.165) is 11.3 Å². The van der Waals surface area contributed by atoms with Gasteiger partial charge in [0, 0.05) is 24.0 Å². The van der Waals surface area contributed by atoms with Crippen LogP contribution in [0.25, 0.3) is 0 Å². The summed E-state index contributed by atoms with van der Waals surface area (Å²) in [5, 5.41) is 5.97. The largest absolute Gasteiger partial charge is 0.497 e. The third kappa shape index (κ3) is 4.37. The van der Waals surface area contributed by atoms with Gasteiger partial charge >= 0.3 is 0 Å². The van der Waals surface area contributed by atoms with Crippen LogP contribution in [0.4, 0.5) is 11.6 Å². The van der Waals surface area contributed by atoms with E-state index in [1.165, 1.54) is 0 Å². The predicted octanol–water partition coefficient (Wildman–Crippen LogP) is 3.20. The Hall–Kier alpha value is -3.81. The third-order valence-corrected chi connectivity index (χ3v) is 4.30. The molecule has 1 amide bonds. The van der Waals surface area contributed by atoms with Crippen LogP contribution in [0, 0.1) is 6.92 Å². The number of hydrogen-bond donors (Lipinski definition) is 2. The molecule has 2 N–H and O–H groups in total. The quantitative estimate of drug-likeness (QED) is 0.665. The maximum Gasteiger partial charge on any atom is 0.270 e. The zero-order valence-corrected chi connectivity index (χ0v) is 16.1. The first-order valence-electron chi connectivity index (χ1n) is 9.04. The minimum atomic E-state index is -0.290. The van der Waals surface area contributed by atoms with Crippen molar-refractivity contribution in [2.45, 2.75) is 13.5 Å². The number of ether oxygens (including phenoxy) is 3. The molecule has 0 fully saturated rings. The van der Waals surface area contributed by atoms with Crippen LogP contribution in [0.3, 0.4) is 0 Å². The summed E-state index contributed by atoms with van der Waals surface area (Å²) in [4.78, 5) is 21.3. The topological polar surface area (TPSA) is 94.6 Å². The molecule has 148 valence electrons. The molecular weight excluding hydrogens is 372 g/mol. The molecule has 2 aromatic carbocycles. The van der Waals surface area contributed by atoms with E-state index < -0.39 is 0 Å². The van der Waals surface area contributed by atoms with E-state index in [0.29, 0.717) is 35.4 Å². The summed E-state index contributed by atoms with van der Waals surface area (Å²) in [5.74, 6) is 2.15. The van der Waals surface area contributed by atoms with E-state index >= 15 is 0 Å². The number of hydrogen-bond acceptors (Lipinski definition) is 7. The average Bonchev–Trinajstić information content (AvgIpc) is 3.19. The summed E-state index contributed by atoms with van der Waals surface area (Å²) in [6.07, 6.45) is 0. The van der Waals surface area contributed by atoms with E-state index in [1.54, 1.807) is 13.2 Å². The van der Waals surface area contributed by atoms with Gasteiger partial charge in [0.1, 0.15) is 11.4 Å². The van der Waals surface area contributed by atoms with E-state index in [1.807, 2.05) is 49.4 Å². The molecule has 0 aliphatic carbocycles. The van der Waals surface area contributed by atoms with Crippen molar-refractivity contribution < 1.29 is 19.0 Å². The summed E-state index contributed by atoms with van der Waals surface area (Å²) >= 11 is 0. The fraction of sp³-hybridized carbons (Fsp3) is 0.190. The number of amides is 1. The molecule has 29 heavy (non-hydrogen) atoms. The Morgan fingerprint density at radius 1 is 1.10 bits per heavy atom. The highest BCUT2D eigenvalue weighted by atomic mass is 16.7. The van der Waals surface area contributed by atoms with Gasteiger partial charge in [-0.3, -0.25) is 4.79 Å². The molecule has 1 aliphatic rings. The van der Waals surface area contributed by atoms with Crippen LogP contribution in [-0.2, 0) is 6.54 Å². The highest BCUT2D eigenvalue weighted by Crippen LogP contribution is 2.32. The molecule has 1 aromatic heterocycles. The number of anilines is 2. The number of benzene rings is 2. The second-order valence-corrected chi connectivity index (χ2v) is 6.45. The number of methoxy groups -OCH3 is 1. The highest BCUT2D eigenvalue weighted by molar-refractivity contribution is 5.92. The maximum atomic E-state index is 12.6. The molecule has 0 saturated heterocycles. The Bertz CT molecular complexity index is 1050. The van der Waals surface area contributed by atoms with Crippen molar-refractivity contribution in [2.24, 2.45) is 0 Å². The Balaban J connectivity index is 1.45. The van der Waals surface area contributed by atoms with Gasteiger partial charge in [-0.2, -0.15) is 0 Å². The number of nitrogens with one attached hydrogen (secondary N) is 2. The molecule has 0 bridgehead atoms. The summed E-state index contributed by atoms with van der Waals surface area (Å²) < 4.78 is 15.9. The Labute approximate surface area is 167 Å². The van der Waals surface area contributed by atoms with Crippen LogP contribution in [0.1, 0.15) is 21.7 Å². The van der Waals surface area contributed by atoms with Crippen molar-refractivity contribution >= 4 is 17.5 Å². The predicted molar refractivity (Wildman–Crippen MR) is 107 cm³/mol. The smallest absolute Gasteiger partial charge is 0.270 e. The number of aryl methyl sites for hydroxylation is 1. The summed E-state index contributed by atoms with van der Waals surface area (Å²) in [6, 6.07) is 14.6. The van der Waals surface area contributed by atoms with Crippen molar-refractivity contribution in [1.29, 1.82) is 0 Å². The molecule has 0 spiro atoms. The Kier molecular flexibility index (Phi) is 5.15. The van der Waals surface area contributed by atoms with E-state index in [2.05, 4.69) is 20.6 Å². The lowest BCUT2D eigenvalue weighted by molar-refractivity contribution is 0.0945. The lowest BCUT2D eigenvalue weighted by Gasteiger charge is -2.10. The highest BCUT2D eigenvalue weighted by Gasteiger charge is 2.15. The van der Waals surface area contributed by atoms with Crippen molar-refractivity contribution in [3.63, 3.8) is 0 Å². The molecule has 0 radical (unpaired) electrons. The van der Waals surface area contributed by atoms with Crippen LogP contribution >= 0.6 is 0 Å². The van der Waals surface area contributed by atoms with E-state index in [9.17, 15) is 4.79 Å². The zero-order chi connectivity index (χ0) is 20.2. The minimum Gasteiger partial charge on any atom is -0.497 e. The molecule has 1 aliphatic heterocycles. The first-order valence-corrected chi connectivity index (χ1v) is 9.04. The fourth-order valence-electron chi connectivity index (χ4n) is 2.89. The van der Waals surface area contributed by atoms with Gasteiger partial charge in [0.05, 0.1) is 7.11 Å². The van der Waals surface area contributed by atoms with Crippen molar-refractivity contribution in [3.05, 3.63) is 65.5 Å². The van der Waals surface area contributed by atoms with Crippen molar-refractivity contribution in [3.8, 4) is 17.2 Å². The lowest BCUT2D eigenvalue weighted by atomic mass is 10.2.